The lowest BCUT2D eigenvalue weighted by molar-refractivity contribution is 0.659. The Hall–Kier alpha value is -0.180. The van der Waals surface area contributed by atoms with E-state index < -0.39 is 10.8 Å². The van der Waals surface area contributed by atoms with Gasteiger partial charge in [-0.3, -0.25) is 9.62 Å². The summed E-state index contributed by atoms with van der Waals surface area (Å²) in [5.41, 5.74) is 0.972. The van der Waals surface area contributed by atoms with Crippen molar-refractivity contribution >= 4 is 16.3 Å². The highest BCUT2D eigenvalue weighted by molar-refractivity contribution is 7.99. The maximum Gasteiger partial charge on any atom is 0.0824 e. The summed E-state index contributed by atoms with van der Waals surface area (Å²) in [6, 6.07) is 0. The van der Waals surface area contributed by atoms with Crippen LogP contribution in [0, 0.1) is 5.41 Å². The number of hydrogen-bond acceptors (Lipinski definition) is 2. The summed E-state index contributed by atoms with van der Waals surface area (Å²) in [5.74, 6) is 0. The van der Waals surface area contributed by atoms with Crippen LogP contribution >= 0.6 is 0 Å². The molecule has 1 atom stereocenters. The summed E-state index contributed by atoms with van der Waals surface area (Å²) in [6.45, 7) is 5.52. The van der Waals surface area contributed by atoms with Crippen molar-refractivity contribution in [1.29, 1.82) is 5.41 Å². The molecule has 0 unspecified atom stereocenters. The van der Waals surface area contributed by atoms with Gasteiger partial charge in [0, 0.05) is 4.75 Å². The molecule has 0 aliphatic carbocycles. The van der Waals surface area contributed by atoms with Crippen LogP contribution in [0.1, 0.15) is 20.8 Å². The van der Waals surface area contributed by atoms with E-state index in [1.807, 2.05) is 20.8 Å². The van der Waals surface area contributed by atoms with Crippen molar-refractivity contribution in [2.24, 2.45) is 0 Å². The minimum absolute atomic E-state index is 0.262. The van der Waals surface area contributed by atoms with Crippen molar-refractivity contribution in [3.63, 3.8) is 0 Å². The van der Waals surface area contributed by atoms with Crippen LogP contribution in [-0.2, 0) is 10.8 Å². The minimum Gasteiger partial charge on any atom is -0.299 e. The third kappa shape index (κ3) is 2.21. The first-order valence-electron chi connectivity index (χ1n) is 2.40. The molecule has 0 aromatic rings. The van der Waals surface area contributed by atoms with Crippen molar-refractivity contribution < 1.29 is 4.21 Å². The van der Waals surface area contributed by atoms with E-state index in [0.717, 1.165) is 5.55 Å². The van der Waals surface area contributed by atoms with E-state index in [4.69, 9.17) is 5.41 Å². The Bertz CT molecular complexity index is 114. The van der Waals surface area contributed by atoms with E-state index in [1.165, 1.54) is 0 Å². The normalized spacial score (nSPS) is 15.4. The van der Waals surface area contributed by atoms with Gasteiger partial charge in [0.15, 0.2) is 0 Å². The van der Waals surface area contributed by atoms with E-state index in [9.17, 15) is 4.21 Å². The maximum absolute atomic E-state index is 10.7. The Kier molecular flexibility index (Phi) is 2.34. The summed E-state index contributed by atoms with van der Waals surface area (Å²) in [7, 11) is -1.10. The second-order valence-corrected chi connectivity index (χ2v) is 4.58. The van der Waals surface area contributed by atoms with E-state index in [2.05, 4.69) is 0 Å². The number of nitrogens with one attached hydrogen (secondary N) is 1. The smallest absolute Gasteiger partial charge is 0.0824 e. The fourth-order valence-corrected chi connectivity index (χ4v) is 0.530. The van der Waals surface area contributed by atoms with Gasteiger partial charge in [-0.05, 0) is 20.8 Å². The van der Waals surface area contributed by atoms with Gasteiger partial charge in [-0.2, -0.15) is 0 Å². The van der Waals surface area contributed by atoms with Gasteiger partial charge >= 0.3 is 0 Å². The Morgan fingerprint density at radius 3 is 1.88 bits per heavy atom. The SMILES string of the molecule is CC(C)(C)[S@](=O)C=N. The van der Waals surface area contributed by atoms with Gasteiger partial charge in [-0.1, -0.05) is 0 Å². The summed E-state index contributed by atoms with van der Waals surface area (Å²) in [6.07, 6.45) is 0. The minimum atomic E-state index is -1.10. The maximum atomic E-state index is 10.7. The zero-order valence-electron chi connectivity index (χ0n) is 5.39. The largest absolute Gasteiger partial charge is 0.299 e. The van der Waals surface area contributed by atoms with Crippen molar-refractivity contribution in [1.82, 2.24) is 0 Å². The van der Waals surface area contributed by atoms with Crippen LogP contribution in [0.5, 0.6) is 0 Å². The number of rotatable bonds is 1. The lowest BCUT2D eigenvalue weighted by atomic mass is 10.3. The zero-order valence-corrected chi connectivity index (χ0v) is 6.21. The van der Waals surface area contributed by atoms with Crippen molar-refractivity contribution in [2.75, 3.05) is 0 Å². The van der Waals surface area contributed by atoms with Crippen LogP contribution in [0.15, 0.2) is 0 Å². The molecule has 0 heterocycles. The molecule has 0 aromatic heterocycles. The molecule has 0 bridgehead atoms. The topological polar surface area (TPSA) is 40.9 Å². The Morgan fingerprint density at radius 1 is 1.50 bits per heavy atom. The van der Waals surface area contributed by atoms with Gasteiger partial charge in [0.25, 0.3) is 0 Å². The predicted octanol–water partition coefficient (Wildman–Crippen LogP) is 1.14. The van der Waals surface area contributed by atoms with Crippen LogP contribution in [0.2, 0.25) is 0 Å². The lowest BCUT2D eigenvalue weighted by Crippen LogP contribution is -2.21. The molecule has 0 aliphatic rings. The molecule has 0 spiro atoms. The first-order chi connectivity index (χ1) is 3.48. The van der Waals surface area contributed by atoms with E-state index in [1.54, 1.807) is 0 Å². The van der Waals surface area contributed by atoms with Gasteiger partial charge in [-0.25, -0.2) is 0 Å². The molecule has 48 valence electrons. The molecule has 0 rings (SSSR count). The molecule has 0 radical (unpaired) electrons. The van der Waals surface area contributed by atoms with Crippen LogP contribution < -0.4 is 0 Å². The molecule has 0 amide bonds. The molecule has 1 N–H and O–H groups in total. The Balaban J connectivity index is 4.02. The summed E-state index contributed by atoms with van der Waals surface area (Å²) >= 11 is 0. The summed E-state index contributed by atoms with van der Waals surface area (Å²) in [4.78, 5) is 0. The first-order valence-corrected chi connectivity index (χ1v) is 3.61. The molecule has 8 heavy (non-hydrogen) atoms. The fraction of sp³-hybridized carbons (Fsp3) is 0.800. The molecule has 2 nitrogen and oxygen atoms in total. The van der Waals surface area contributed by atoms with Gasteiger partial charge in [0.1, 0.15) is 0 Å². The van der Waals surface area contributed by atoms with Crippen molar-refractivity contribution in [2.45, 2.75) is 25.5 Å². The van der Waals surface area contributed by atoms with Crippen molar-refractivity contribution in [3.8, 4) is 0 Å². The van der Waals surface area contributed by atoms with Gasteiger partial charge < -0.3 is 0 Å². The second kappa shape index (κ2) is 2.40. The van der Waals surface area contributed by atoms with Crippen LogP contribution in [0.3, 0.4) is 0 Å². The average Bonchev–Trinajstić information content (AvgIpc) is 1.62. The number of hydrogen-bond donors (Lipinski definition) is 1. The quantitative estimate of drug-likeness (QED) is 0.423. The highest BCUT2D eigenvalue weighted by Gasteiger charge is 2.16. The zero-order chi connectivity index (χ0) is 6.78. The van der Waals surface area contributed by atoms with E-state index in [-0.39, 0.29) is 4.75 Å². The van der Waals surface area contributed by atoms with Gasteiger partial charge in [-0.15, -0.1) is 0 Å². The third-order valence-corrected chi connectivity index (χ3v) is 2.13. The second-order valence-electron chi connectivity index (χ2n) is 2.53. The fourth-order valence-electron chi connectivity index (χ4n) is 0.177. The average molecular weight is 133 g/mol. The lowest BCUT2D eigenvalue weighted by Gasteiger charge is -2.12. The molecule has 0 aliphatic heterocycles. The van der Waals surface area contributed by atoms with Crippen LogP contribution in [0.25, 0.3) is 0 Å². The molecule has 0 saturated heterocycles. The highest BCUT2D eigenvalue weighted by Crippen LogP contribution is 2.07. The highest BCUT2D eigenvalue weighted by atomic mass is 32.2. The standard InChI is InChI=1S/C5H11NOS/c1-5(2,3)8(7)4-6/h4,6H,1-3H3/t8-/m1/s1. The summed E-state index contributed by atoms with van der Waals surface area (Å²) < 4.78 is 10.4. The van der Waals surface area contributed by atoms with E-state index >= 15 is 0 Å². The van der Waals surface area contributed by atoms with E-state index in [0.29, 0.717) is 0 Å². The molecular weight excluding hydrogens is 122 g/mol. The van der Waals surface area contributed by atoms with Crippen LogP contribution in [0.4, 0.5) is 0 Å². The Labute approximate surface area is 52.3 Å². The molecule has 0 aromatic carbocycles. The third-order valence-electron chi connectivity index (χ3n) is 0.711. The molecular formula is C5H11NOS. The molecule has 0 saturated carbocycles. The first kappa shape index (κ1) is 7.82. The molecule has 0 fully saturated rings. The monoisotopic (exact) mass is 133 g/mol. The Morgan fingerprint density at radius 2 is 1.88 bits per heavy atom. The van der Waals surface area contributed by atoms with Crippen molar-refractivity contribution in [3.05, 3.63) is 0 Å². The summed E-state index contributed by atoms with van der Waals surface area (Å²) in [5, 5.41) is 6.64. The van der Waals surface area contributed by atoms with Gasteiger partial charge in [0.05, 0.1) is 16.3 Å². The van der Waals surface area contributed by atoms with Crippen LogP contribution in [-0.4, -0.2) is 14.5 Å². The van der Waals surface area contributed by atoms with Gasteiger partial charge in [0.2, 0.25) is 0 Å². The molecule has 3 heteroatoms. The predicted molar refractivity (Wildman–Crippen MR) is 36.7 cm³/mol.